The summed E-state index contributed by atoms with van der Waals surface area (Å²) in [4.78, 5) is 12.8. The van der Waals surface area contributed by atoms with Crippen LogP contribution in [-0.2, 0) is 29.5 Å². The molecule has 0 aromatic heterocycles. The molecule has 202 valence electrons. The smallest absolute Gasteiger partial charge is 0.264 e. The molecule has 0 atom stereocenters. The van der Waals surface area contributed by atoms with Gasteiger partial charge in [-0.25, -0.2) is 8.42 Å². The summed E-state index contributed by atoms with van der Waals surface area (Å²) in [6.07, 6.45) is 1.81. The zero-order chi connectivity index (χ0) is 27.5. The van der Waals surface area contributed by atoms with Crippen LogP contribution in [0.4, 0.5) is 5.69 Å². The second kappa shape index (κ2) is 13.7. The van der Waals surface area contributed by atoms with Gasteiger partial charge in [-0.15, -0.1) is 0 Å². The maximum Gasteiger partial charge on any atom is 0.264 e. The number of carbonyl (C=O) groups is 1. The summed E-state index contributed by atoms with van der Waals surface area (Å²) in [6, 6.07) is 33.2. The fourth-order valence-electron chi connectivity index (χ4n) is 4.27. The molecule has 0 fully saturated rings. The first-order valence-corrected chi connectivity index (χ1v) is 14.7. The first-order valence-electron chi connectivity index (χ1n) is 13.3. The largest absolute Gasteiger partial charge is 0.352 e. The van der Waals surface area contributed by atoms with Crippen LogP contribution in [0, 0.1) is 0 Å². The van der Waals surface area contributed by atoms with Crippen LogP contribution < -0.4 is 14.9 Å². The molecule has 0 saturated carbocycles. The highest BCUT2D eigenvalue weighted by molar-refractivity contribution is 7.92. The Bertz CT molecular complexity index is 1440. The summed E-state index contributed by atoms with van der Waals surface area (Å²) in [6.45, 7) is 4.45. The molecule has 0 unspecified atom stereocenters. The van der Waals surface area contributed by atoms with Crippen LogP contribution in [-0.4, -0.2) is 27.4 Å². The van der Waals surface area contributed by atoms with Crippen LogP contribution in [0.3, 0.4) is 0 Å². The predicted octanol–water partition coefficient (Wildman–Crippen LogP) is 5.55. The third-order valence-electron chi connectivity index (χ3n) is 6.46. The second-order valence-electron chi connectivity index (χ2n) is 9.32. The van der Waals surface area contributed by atoms with Crippen molar-refractivity contribution in [3.63, 3.8) is 0 Å². The van der Waals surface area contributed by atoms with E-state index in [4.69, 9.17) is 0 Å². The van der Waals surface area contributed by atoms with Crippen LogP contribution in [0.2, 0.25) is 0 Å². The lowest BCUT2D eigenvalue weighted by Gasteiger charge is -2.25. The van der Waals surface area contributed by atoms with E-state index in [0.717, 1.165) is 31.5 Å². The fraction of sp³-hybridized carbons (Fsp3) is 0.219. The van der Waals surface area contributed by atoms with Gasteiger partial charge >= 0.3 is 0 Å². The van der Waals surface area contributed by atoms with Gasteiger partial charge in [0.25, 0.3) is 15.9 Å². The molecule has 0 aliphatic rings. The molecule has 0 aliphatic heterocycles. The maximum atomic E-state index is 13.6. The molecule has 1 amide bonds. The summed E-state index contributed by atoms with van der Waals surface area (Å²) >= 11 is 0. The number of para-hydroxylation sites is 1. The van der Waals surface area contributed by atoms with Gasteiger partial charge < -0.3 is 10.6 Å². The number of nitrogens with zero attached hydrogens (tertiary/aromatic N) is 1. The lowest BCUT2D eigenvalue weighted by Crippen LogP contribution is -2.31. The molecule has 0 heterocycles. The number of anilines is 1. The van der Waals surface area contributed by atoms with E-state index < -0.39 is 10.0 Å². The SMILES string of the molecule is CCc1cccc(CNCCCNC(=O)c2ccc(S(=O)(=O)N(Cc3ccccc3)c3ccccc3)cc2)c1. The number of hydrogen-bond acceptors (Lipinski definition) is 4. The summed E-state index contributed by atoms with van der Waals surface area (Å²) in [5.41, 5.74) is 4.46. The quantitative estimate of drug-likeness (QED) is 0.218. The summed E-state index contributed by atoms with van der Waals surface area (Å²) < 4.78 is 28.7. The Kier molecular flexibility index (Phi) is 9.89. The van der Waals surface area contributed by atoms with Gasteiger partial charge in [0.2, 0.25) is 0 Å². The van der Waals surface area contributed by atoms with E-state index >= 15 is 0 Å². The molecule has 0 bridgehead atoms. The summed E-state index contributed by atoms with van der Waals surface area (Å²) in [7, 11) is -3.86. The zero-order valence-electron chi connectivity index (χ0n) is 22.2. The molecule has 7 heteroatoms. The predicted molar refractivity (Wildman–Crippen MR) is 157 cm³/mol. The number of rotatable bonds is 13. The third-order valence-corrected chi connectivity index (χ3v) is 8.25. The van der Waals surface area contributed by atoms with Crippen LogP contribution in [0.5, 0.6) is 0 Å². The van der Waals surface area contributed by atoms with Gasteiger partial charge in [0, 0.05) is 18.7 Å². The highest BCUT2D eigenvalue weighted by atomic mass is 32.2. The Labute approximate surface area is 231 Å². The van der Waals surface area contributed by atoms with Gasteiger partial charge in [-0.1, -0.05) is 79.7 Å². The van der Waals surface area contributed by atoms with E-state index in [2.05, 4.69) is 41.8 Å². The van der Waals surface area contributed by atoms with Crippen LogP contribution >= 0.6 is 0 Å². The van der Waals surface area contributed by atoms with Crippen LogP contribution in [0.15, 0.2) is 114 Å². The van der Waals surface area contributed by atoms with E-state index in [1.54, 1.807) is 24.3 Å². The number of carbonyl (C=O) groups excluding carboxylic acids is 1. The molecule has 0 radical (unpaired) electrons. The minimum Gasteiger partial charge on any atom is -0.352 e. The van der Waals surface area contributed by atoms with Crippen molar-refractivity contribution >= 4 is 21.6 Å². The van der Waals surface area contributed by atoms with Gasteiger partial charge in [0.15, 0.2) is 0 Å². The van der Waals surface area contributed by atoms with Crippen molar-refractivity contribution in [2.24, 2.45) is 0 Å². The number of hydrogen-bond donors (Lipinski definition) is 2. The van der Waals surface area contributed by atoms with Crippen molar-refractivity contribution in [1.29, 1.82) is 0 Å². The number of benzene rings is 4. The molecule has 39 heavy (non-hydrogen) atoms. The van der Waals surface area contributed by atoms with Crippen molar-refractivity contribution in [1.82, 2.24) is 10.6 Å². The van der Waals surface area contributed by atoms with Gasteiger partial charge in [0.05, 0.1) is 17.1 Å². The minimum atomic E-state index is -3.86. The number of aryl methyl sites for hydroxylation is 1. The number of amides is 1. The highest BCUT2D eigenvalue weighted by Gasteiger charge is 2.25. The van der Waals surface area contributed by atoms with E-state index in [-0.39, 0.29) is 17.3 Å². The van der Waals surface area contributed by atoms with Gasteiger partial charge in [0.1, 0.15) is 0 Å². The molecule has 2 N–H and O–H groups in total. The third kappa shape index (κ3) is 7.78. The lowest BCUT2D eigenvalue weighted by molar-refractivity contribution is 0.0953. The number of nitrogens with one attached hydrogen (secondary N) is 2. The average Bonchev–Trinajstić information content (AvgIpc) is 2.98. The molecule has 4 aromatic rings. The Hall–Kier alpha value is -3.94. The van der Waals surface area contributed by atoms with Crippen molar-refractivity contribution in [2.75, 3.05) is 17.4 Å². The second-order valence-corrected chi connectivity index (χ2v) is 11.2. The summed E-state index contributed by atoms with van der Waals surface area (Å²) in [5, 5.41) is 6.33. The van der Waals surface area contributed by atoms with Crippen molar-refractivity contribution in [3.8, 4) is 0 Å². The standard InChI is InChI=1S/C32H35N3O3S/c1-2-26-13-9-14-28(23-26)24-33-21-10-22-34-32(36)29-17-19-31(20-18-29)39(37,38)35(30-15-7-4-8-16-30)25-27-11-5-3-6-12-27/h3-9,11-20,23,33H,2,10,21-22,24-25H2,1H3,(H,34,36). The van der Waals surface area contributed by atoms with E-state index in [1.165, 1.54) is 27.6 Å². The lowest BCUT2D eigenvalue weighted by atomic mass is 10.1. The van der Waals surface area contributed by atoms with E-state index in [9.17, 15) is 13.2 Å². The van der Waals surface area contributed by atoms with Crippen molar-refractivity contribution < 1.29 is 13.2 Å². The van der Waals surface area contributed by atoms with Crippen LogP contribution in [0.25, 0.3) is 0 Å². The monoisotopic (exact) mass is 541 g/mol. The Morgan fingerprint density at radius 2 is 1.38 bits per heavy atom. The molecule has 0 aliphatic carbocycles. The topological polar surface area (TPSA) is 78.5 Å². The minimum absolute atomic E-state index is 0.134. The summed E-state index contributed by atoms with van der Waals surface area (Å²) in [5.74, 6) is -0.223. The van der Waals surface area contributed by atoms with Gasteiger partial charge in [-0.2, -0.15) is 0 Å². The molecule has 0 spiro atoms. The molecule has 4 aromatic carbocycles. The fourth-order valence-corrected chi connectivity index (χ4v) is 5.73. The first-order chi connectivity index (χ1) is 19.0. The number of sulfonamides is 1. The normalized spacial score (nSPS) is 11.2. The van der Waals surface area contributed by atoms with Gasteiger partial charge in [-0.05, 0) is 72.5 Å². The average molecular weight is 542 g/mol. The Morgan fingerprint density at radius 1 is 0.744 bits per heavy atom. The molecule has 0 saturated heterocycles. The zero-order valence-corrected chi connectivity index (χ0v) is 23.0. The first kappa shape index (κ1) is 28.1. The van der Waals surface area contributed by atoms with Crippen molar-refractivity contribution in [3.05, 3.63) is 131 Å². The van der Waals surface area contributed by atoms with Gasteiger partial charge in [-0.3, -0.25) is 9.10 Å². The van der Waals surface area contributed by atoms with E-state index in [0.29, 0.717) is 17.8 Å². The highest BCUT2D eigenvalue weighted by Crippen LogP contribution is 2.26. The molecule has 4 rings (SSSR count). The molecular formula is C32H35N3O3S. The maximum absolute atomic E-state index is 13.6. The Morgan fingerprint density at radius 3 is 2.08 bits per heavy atom. The van der Waals surface area contributed by atoms with Crippen molar-refractivity contribution in [2.45, 2.75) is 37.8 Å². The van der Waals surface area contributed by atoms with E-state index in [1.807, 2.05) is 48.5 Å². The Balaban J connectivity index is 1.33. The van der Waals surface area contributed by atoms with Crippen LogP contribution in [0.1, 0.15) is 40.4 Å². The molecule has 6 nitrogen and oxygen atoms in total. The molecular weight excluding hydrogens is 506 g/mol.